The van der Waals surface area contributed by atoms with E-state index < -0.39 is 6.10 Å². The Morgan fingerprint density at radius 2 is 2.07 bits per heavy atom. The maximum Gasteiger partial charge on any atom is 0.264 e. The van der Waals surface area contributed by atoms with E-state index in [0.717, 1.165) is 22.9 Å². The standard InChI is InChI=1S/C20H20BrN3O3/c1-9-4-5-13(8-14(9)21)18(26)15-10(2)16(22-17(15)11(3)25)20-24-23-19(27-20)12-6-7-12/h4-5,8,11-12,22,25H,6-7H2,1-3H3. The first-order valence-electron chi connectivity index (χ1n) is 8.92. The van der Waals surface area contributed by atoms with Crippen molar-refractivity contribution in [2.45, 2.75) is 45.6 Å². The van der Waals surface area contributed by atoms with Gasteiger partial charge in [0.25, 0.3) is 5.89 Å². The molecule has 1 aromatic carbocycles. The molecule has 0 radical (unpaired) electrons. The fourth-order valence-electron chi connectivity index (χ4n) is 3.15. The van der Waals surface area contributed by atoms with Gasteiger partial charge in [0.15, 0.2) is 5.78 Å². The van der Waals surface area contributed by atoms with Gasteiger partial charge in [-0.05, 0) is 50.8 Å². The molecular formula is C20H20BrN3O3. The highest BCUT2D eigenvalue weighted by molar-refractivity contribution is 9.10. The van der Waals surface area contributed by atoms with Gasteiger partial charge in [0.2, 0.25) is 5.89 Å². The van der Waals surface area contributed by atoms with E-state index in [9.17, 15) is 9.90 Å². The van der Waals surface area contributed by atoms with Crippen LogP contribution in [0.15, 0.2) is 27.1 Å². The van der Waals surface area contributed by atoms with Crippen LogP contribution in [0.1, 0.15) is 70.4 Å². The minimum atomic E-state index is -0.837. The van der Waals surface area contributed by atoms with Gasteiger partial charge >= 0.3 is 0 Å². The number of aryl methyl sites for hydroxylation is 1. The Morgan fingerprint density at radius 1 is 1.33 bits per heavy atom. The van der Waals surface area contributed by atoms with Gasteiger partial charge in [-0.2, -0.15) is 0 Å². The van der Waals surface area contributed by atoms with Crippen molar-refractivity contribution in [3.8, 4) is 11.6 Å². The number of hydrogen-bond donors (Lipinski definition) is 2. The van der Waals surface area contributed by atoms with E-state index in [1.54, 1.807) is 19.1 Å². The number of carbonyl (C=O) groups is 1. The van der Waals surface area contributed by atoms with E-state index >= 15 is 0 Å². The van der Waals surface area contributed by atoms with E-state index in [2.05, 4.69) is 31.1 Å². The minimum Gasteiger partial charge on any atom is -0.419 e. The van der Waals surface area contributed by atoms with Crippen LogP contribution in [0.2, 0.25) is 0 Å². The molecule has 0 bridgehead atoms. The monoisotopic (exact) mass is 429 g/mol. The summed E-state index contributed by atoms with van der Waals surface area (Å²) in [6, 6.07) is 5.48. The fourth-order valence-corrected chi connectivity index (χ4v) is 3.53. The van der Waals surface area contributed by atoms with Gasteiger partial charge in [-0.25, -0.2) is 0 Å². The molecule has 2 aromatic heterocycles. The lowest BCUT2D eigenvalue weighted by Crippen LogP contribution is -2.07. The Morgan fingerprint density at radius 3 is 2.70 bits per heavy atom. The van der Waals surface area contributed by atoms with E-state index in [0.29, 0.717) is 45.8 Å². The van der Waals surface area contributed by atoms with Crippen LogP contribution >= 0.6 is 15.9 Å². The van der Waals surface area contributed by atoms with Crippen LogP contribution in [-0.4, -0.2) is 26.1 Å². The van der Waals surface area contributed by atoms with Gasteiger partial charge in [0.1, 0.15) is 5.69 Å². The first kappa shape index (κ1) is 18.1. The number of aromatic amines is 1. The third-order valence-corrected chi connectivity index (χ3v) is 5.79. The van der Waals surface area contributed by atoms with Crippen LogP contribution in [0, 0.1) is 13.8 Å². The van der Waals surface area contributed by atoms with Crippen LogP contribution in [0.4, 0.5) is 0 Å². The molecule has 27 heavy (non-hydrogen) atoms. The summed E-state index contributed by atoms with van der Waals surface area (Å²) in [5.41, 5.74) is 3.77. The topological polar surface area (TPSA) is 92.0 Å². The number of nitrogens with one attached hydrogen (secondary N) is 1. The zero-order valence-corrected chi connectivity index (χ0v) is 16.9. The van der Waals surface area contributed by atoms with Crippen LogP contribution in [0.25, 0.3) is 11.6 Å². The second-order valence-corrected chi connectivity index (χ2v) is 7.96. The van der Waals surface area contributed by atoms with Gasteiger partial charge in [-0.3, -0.25) is 4.79 Å². The zero-order chi connectivity index (χ0) is 19.3. The largest absolute Gasteiger partial charge is 0.419 e. The summed E-state index contributed by atoms with van der Waals surface area (Å²) in [4.78, 5) is 16.3. The summed E-state index contributed by atoms with van der Waals surface area (Å²) in [5, 5.41) is 18.5. The maximum atomic E-state index is 13.2. The van der Waals surface area contributed by atoms with Crippen molar-refractivity contribution < 1.29 is 14.3 Å². The molecule has 1 atom stereocenters. The summed E-state index contributed by atoms with van der Waals surface area (Å²) < 4.78 is 6.66. The van der Waals surface area contributed by atoms with E-state index in [1.807, 2.05) is 19.9 Å². The van der Waals surface area contributed by atoms with Crippen molar-refractivity contribution in [2.24, 2.45) is 0 Å². The highest BCUT2D eigenvalue weighted by Crippen LogP contribution is 2.40. The summed E-state index contributed by atoms with van der Waals surface area (Å²) in [7, 11) is 0. The molecule has 7 heteroatoms. The highest BCUT2D eigenvalue weighted by Gasteiger charge is 2.31. The number of aromatic nitrogens is 3. The first-order chi connectivity index (χ1) is 12.9. The van der Waals surface area contributed by atoms with Crippen molar-refractivity contribution >= 4 is 21.7 Å². The first-order valence-corrected chi connectivity index (χ1v) is 9.71. The number of H-pyrrole nitrogens is 1. The van der Waals surface area contributed by atoms with Gasteiger partial charge in [-0.15, -0.1) is 10.2 Å². The number of carbonyl (C=O) groups excluding carboxylic acids is 1. The number of rotatable bonds is 5. The van der Waals surface area contributed by atoms with E-state index in [1.165, 1.54) is 0 Å². The SMILES string of the molecule is Cc1ccc(C(=O)c2c(C(C)O)[nH]c(-c3nnc(C4CC4)o3)c2C)cc1Br. The van der Waals surface area contributed by atoms with Crippen LogP contribution in [-0.2, 0) is 0 Å². The molecule has 2 heterocycles. The molecule has 1 fully saturated rings. The lowest BCUT2D eigenvalue weighted by molar-refractivity contribution is 0.103. The van der Waals surface area contributed by atoms with Gasteiger partial charge in [0, 0.05) is 21.5 Å². The lowest BCUT2D eigenvalue weighted by atomic mass is 9.97. The highest BCUT2D eigenvalue weighted by atomic mass is 79.9. The molecule has 0 amide bonds. The molecule has 1 saturated carbocycles. The molecule has 4 rings (SSSR count). The van der Waals surface area contributed by atoms with Crippen LogP contribution < -0.4 is 0 Å². The molecule has 0 aliphatic heterocycles. The zero-order valence-electron chi connectivity index (χ0n) is 15.3. The summed E-state index contributed by atoms with van der Waals surface area (Å²) in [5.74, 6) is 1.17. The predicted octanol–water partition coefficient (Wildman–Crippen LogP) is 4.61. The Hall–Kier alpha value is -2.25. The normalized spacial score (nSPS) is 15.1. The number of aliphatic hydroxyl groups excluding tert-OH is 1. The molecule has 2 N–H and O–H groups in total. The lowest BCUT2D eigenvalue weighted by Gasteiger charge is -2.08. The third kappa shape index (κ3) is 3.26. The molecule has 0 saturated heterocycles. The number of ketones is 1. The van der Waals surface area contributed by atoms with Gasteiger partial charge < -0.3 is 14.5 Å². The number of aliphatic hydroxyl groups is 1. The second-order valence-electron chi connectivity index (χ2n) is 7.10. The Balaban J connectivity index is 1.80. The number of benzene rings is 1. The van der Waals surface area contributed by atoms with E-state index in [-0.39, 0.29) is 5.78 Å². The van der Waals surface area contributed by atoms with Crippen LogP contribution in [0.5, 0.6) is 0 Å². The van der Waals surface area contributed by atoms with Crippen LogP contribution in [0.3, 0.4) is 0 Å². The molecular weight excluding hydrogens is 410 g/mol. The molecule has 3 aromatic rings. The molecule has 1 aliphatic carbocycles. The average molecular weight is 430 g/mol. The van der Waals surface area contributed by atoms with Gasteiger partial charge in [0.05, 0.1) is 11.8 Å². The second kappa shape index (κ2) is 6.73. The fraction of sp³-hybridized carbons (Fsp3) is 0.350. The van der Waals surface area contributed by atoms with Crippen molar-refractivity contribution in [2.75, 3.05) is 0 Å². The average Bonchev–Trinajstić information content (AvgIpc) is 3.26. The predicted molar refractivity (Wildman–Crippen MR) is 104 cm³/mol. The van der Waals surface area contributed by atoms with Crippen molar-refractivity contribution in [1.29, 1.82) is 0 Å². The minimum absolute atomic E-state index is 0.159. The Kier molecular flexibility index (Phi) is 4.52. The quantitative estimate of drug-likeness (QED) is 0.577. The van der Waals surface area contributed by atoms with Crippen molar-refractivity contribution in [1.82, 2.24) is 15.2 Å². The molecule has 1 aliphatic rings. The Labute approximate surface area is 165 Å². The molecule has 140 valence electrons. The summed E-state index contributed by atoms with van der Waals surface area (Å²) in [6.07, 6.45) is 1.29. The van der Waals surface area contributed by atoms with E-state index in [4.69, 9.17) is 4.42 Å². The van der Waals surface area contributed by atoms with Crippen molar-refractivity contribution in [3.05, 3.63) is 56.5 Å². The maximum absolute atomic E-state index is 13.2. The number of nitrogens with zero attached hydrogens (tertiary/aromatic N) is 2. The van der Waals surface area contributed by atoms with Crippen molar-refractivity contribution in [3.63, 3.8) is 0 Å². The molecule has 6 nitrogen and oxygen atoms in total. The summed E-state index contributed by atoms with van der Waals surface area (Å²) >= 11 is 3.47. The molecule has 0 spiro atoms. The number of halogens is 1. The number of hydrogen-bond acceptors (Lipinski definition) is 5. The Bertz CT molecular complexity index is 1030. The summed E-state index contributed by atoms with van der Waals surface area (Å²) in [6.45, 7) is 5.42. The molecule has 1 unspecified atom stereocenters. The van der Waals surface area contributed by atoms with Gasteiger partial charge in [-0.1, -0.05) is 28.1 Å². The third-order valence-electron chi connectivity index (χ3n) is 4.94. The smallest absolute Gasteiger partial charge is 0.264 e.